The first kappa shape index (κ1) is 20.1. The van der Waals surface area contributed by atoms with Gasteiger partial charge in [0.25, 0.3) is 5.91 Å². The Morgan fingerprint density at radius 2 is 1.69 bits per heavy atom. The molecular formula is C22H24N4O3. The highest BCUT2D eigenvalue weighted by Crippen LogP contribution is 2.18. The van der Waals surface area contributed by atoms with Gasteiger partial charge in [0.15, 0.2) is 0 Å². The fourth-order valence-electron chi connectivity index (χ4n) is 2.86. The van der Waals surface area contributed by atoms with Crippen LogP contribution in [0.15, 0.2) is 54.7 Å². The van der Waals surface area contributed by atoms with Crippen molar-refractivity contribution in [2.45, 2.75) is 26.8 Å². The monoisotopic (exact) mass is 392 g/mol. The Labute approximate surface area is 169 Å². The average Bonchev–Trinajstić information content (AvgIpc) is 3.14. The minimum atomic E-state index is -0.515. The maximum atomic E-state index is 12.4. The van der Waals surface area contributed by atoms with Crippen molar-refractivity contribution in [3.8, 4) is 5.69 Å². The number of carbonyl (C=O) groups excluding carboxylic acids is 2. The van der Waals surface area contributed by atoms with Gasteiger partial charge in [0.2, 0.25) is 0 Å². The van der Waals surface area contributed by atoms with Crippen LogP contribution in [0.5, 0.6) is 0 Å². The smallest absolute Gasteiger partial charge is 0.343 e. The molecule has 1 aromatic heterocycles. The van der Waals surface area contributed by atoms with Crippen LogP contribution >= 0.6 is 0 Å². The molecule has 2 aromatic carbocycles. The number of hydrogen-bond donors (Lipinski definition) is 2. The van der Waals surface area contributed by atoms with E-state index in [1.54, 1.807) is 31.2 Å². The minimum absolute atomic E-state index is 0.170. The number of benzene rings is 2. The average molecular weight is 392 g/mol. The number of hydrogen-bond acceptors (Lipinski definition) is 5. The lowest BCUT2D eigenvalue weighted by atomic mass is 10.1. The molecule has 3 rings (SSSR count). The number of aryl methyl sites for hydroxylation is 1. The van der Waals surface area contributed by atoms with Crippen LogP contribution in [0.3, 0.4) is 0 Å². The minimum Gasteiger partial charge on any atom is -0.462 e. The predicted octanol–water partition coefficient (Wildman–Crippen LogP) is 3.12. The molecule has 1 heterocycles. The van der Waals surface area contributed by atoms with E-state index >= 15 is 0 Å². The fraction of sp³-hybridized carbons (Fsp3) is 0.227. The summed E-state index contributed by atoms with van der Waals surface area (Å²) in [6.45, 7) is 4.55. The molecule has 0 fully saturated rings. The van der Waals surface area contributed by atoms with Gasteiger partial charge in [-0.2, -0.15) is 5.10 Å². The van der Waals surface area contributed by atoms with E-state index in [1.807, 2.05) is 12.1 Å². The maximum absolute atomic E-state index is 12.4. The molecule has 0 aliphatic carbocycles. The molecule has 0 aliphatic heterocycles. The van der Waals surface area contributed by atoms with Crippen molar-refractivity contribution in [3.05, 3.63) is 77.0 Å². The summed E-state index contributed by atoms with van der Waals surface area (Å²) < 4.78 is 6.39. The van der Waals surface area contributed by atoms with Crippen molar-refractivity contribution in [3.63, 3.8) is 0 Å². The van der Waals surface area contributed by atoms with Crippen molar-refractivity contribution in [2.75, 3.05) is 12.3 Å². The van der Waals surface area contributed by atoms with Crippen molar-refractivity contribution in [1.29, 1.82) is 0 Å². The zero-order chi connectivity index (χ0) is 20.8. The van der Waals surface area contributed by atoms with Crippen LogP contribution in [0.2, 0.25) is 0 Å². The van der Waals surface area contributed by atoms with Gasteiger partial charge < -0.3 is 15.8 Å². The van der Waals surface area contributed by atoms with Gasteiger partial charge in [-0.15, -0.1) is 0 Å². The third kappa shape index (κ3) is 4.63. The second-order valence-corrected chi connectivity index (χ2v) is 6.48. The van der Waals surface area contributed by atoms with Crippen LogP contribution in [0.1, 0.15) is 45.7 Å². The fourth-order valence-corrected chi connectivity index (χ4v) is 2.86. The second-order valence-electron chi connectivity index (χ2n) is 6.48. The van der Waals surface area contributed by atoms with Crippen molar-refractivity contribution < 1.29 is 14.3 Å². The first-order valence-electron chi connectivity index (χ1n) is 9.50. The van der Waals surface area contributed by atoms with Crippen molar-refractivity contribution >= 4 is 17.7 Å². The van der Waals surface area contributed by atoms with E-state index in [9.17, 15) is 9.59 Å². The highest BCUT2D eigenvalue weighted by molar-refractivity contribution is 5.95. The predicted molar refractivity (Wildman–Crippen MR) is 111 cm³/mol. The first-order valence-corrected chi connectivity index (χ1v) is 9.50. The van der Waals surface area contributed by atoms with E-state index in [0.717, 1.165) is 12.0 Å². The number of nitrogens with two attached hydrogens (primary N) is 1. The number of aromatic nitrogens is 2. The quantitative estimate of drug-likeness (QED) is 0.602. The molecule has 7 nitrogen and oxygen atoms in total. The Balaban J connectivity index is 1.66. The van der Waals surface area contributed by atoms with E-state index in [-0.39, 0.29) is 23.9 Å². The zero-order valence-electron chi connectivity index (χ0n) is 16.5. The van der Waals surface area contributed by atoms with Crippen LogP contribution in [0.25, 0.3) is 5.69 Å². The number of anilines is 1. The van der Waals surface area contributed by atoms with E-state index in [4.69, 9.17) is 10.5 Å². The molecule has 3 aromatic rings. The van der Waals surface area contributed by atoms with Gasteiger partial charge >= 0.3 is 5.97 Å². The lowest BCUT2D eigenvalue weighted by Gasteiger charge is -2.08. The summed E-state index contributed by atoms with van der Waals surface area (Å²) >= 11 is 0. The molecule has 0 radical (unpaired) electrons. The number of rotatable bonds is 7. The van der Waals surface area contributed by atoms with Crippen LogP contribution in [0.4, 0.5) is 5.82 Å². The number of nitrogen functional groups attached to an aromatic ring is 1. The highest BCUT2D eigenvalue weighted by atomic mass is 16.5. The largest absolute Gasteiger partial charge is 0.462 e. The Morgan fingerprint density at radius 3 is 2.31 bits per heavy atom. The van der Waals surface area contributed by atoms with Gasteiger partial charge in [0, 0.05) is 12.1 Å². The normalized spacial score (nSPS) is 10.6. The molecule has 0 unspecified atom stereocenters. The molecule has 0 spiro atoms. The van der Waals surface area contributed by atoms with E-state index in [2.05, 4.69) is 29.5 Å². The molecule has 0 atom stereocenters. The van der Waals surface area contributed by atoms with Gasteiger partial charge in [0.05, 0.1) is 18.5 Å². The zero-order valence-corrected chi connectivity index (χ0v) is 16.5. The number of amides is 1. The van der Waals surface area contributed by atoms with Crippen LogP contribution in [-0.4, -0.2) is 28.3 Å². The van der Waals surface area contributed by atoms with Gasteiger partial charge in [-0.1, -0.05) is 31.2 Å². The van der Waals surface area contributed by atoms with Gasteiger partial charge in [-0.05, 0) is 48.7 Å². The topological polar surface area (TPSA) is 99.2 Å². The van der Waals surface area contributed by atoms with Crippen LogP contribution in [-0.2, 0) is 17.7 Å². The van der Waals surface area contributed by atoms with E-state index in [0.29, 0.717) is 17.8 Å². The molecule has 150 valence electrons. The van der Waals surface area contributed by atoms with Gasteiger partial charge in [0.1, 0.15) is 11.4 Å². The Morgan fingerprint density at radius 1 is 1.03 bits per heavy atom. The molecule has 7 heteroatoms. The number of carbonyl (C=O) groups is 2. The Hall–Kier alpha value is -3.61. The van der Waals surface area contributed by atoms with Gasteiger partial charge in [-0.25, -0.2) is 9.48 Å². The molecule has 3 N–H and O–H groups in total. The summed E-state index contributed by atoms with van der Waals surface area (Å²) in [6, 6.07) is 15.0. The molecule has 29 heavy (non-hydrogen) atoms. The first-order chi connectivity index (χ1) is 14.0. The van der Waals surface area contributed by atoms with Crippen LogP contribution in [0, 0.1) is 0 Å². The summed E-state index contributed by atoms with van der Waals surface area (Å²) in [7, 11) is 0. The molecule has 0 saturated heterocycles. The lowest BCUT2D eigenvalue weighted by molar-refractivity contribution is 0.0527. The maximum Gasteiger partial charge on any atom is 0.343 e. The number of nitrogens with zero attached hydrogens (tertiary/aromatic N) is 2. The molecule has 0 saturated carbocycles. The third-order valence-electron chi connectivity index (χ3n) is 4.56. The number of ether oxygens (including phenoxy) is 1. The summed E-state index contributed by atoms with van der Waals surface area (Å²) in [6.07, 6.45) is 2.36. The number of esters is 1. The SMILES string of the molecule is CCOC(=O)c1cnn(-c2ccc(C(=O)NCc3ccc(CC)cc3)cc2)c1N. The summed E-state index contributed by atoms with van der Waals surface area (Å²) in [5.74, 6) is -0.493. The van der Waals surface area contributed by atoms with Crippen molar-refractivity contribution in [1.82, 2.24) is 15.1 Å². The van der Waals surface area contributed by atoms with Crippen molar-refractivity contribution in [2.24, 2.45) is 0 Å². The van der Waals surface area contributed by atoms with E-state index in [1.165, 1.54) is 16.4 Å². The van der Waals surface area contributed by atoms with Gasteiger partial charge in [-0.3, -0.25) is 4.79 Å². The summed E-state index contributed by atoms with van der Waals surface area (Å²) in [4.78, 5) is 24.3. The standard InChI is InChI=1S/C22H24N4O3/c1-3-15-5-7-16(8-6-15)13-24-21(27)17-9-11-18(12-10-17)26-20(23)19(14-25-26)22(28)29-4-2/h5-12,14H,3-4,13,23H2,1-2H3,(H,24,27). The number of nitrogens with one attached hydrogen (secondary N) is 1. The molecule has 0 bridgehead atoms. The van der Waals surface area contributed by atoms with Crippen LogP contribution < -0.4 is 11.1 Å². The molecule has 1 amide bonds. The Bertz CT molecular complexity index is 992. The summed E-state index contributed by atoms with van der Waals surface area (Å²) in [5, 5.41) is 7.05. The highest BCUT2D eigenvalue weighted by Gasteiger charge is 2.17. The second kappa shape index (κ2) is 9.05. The molecular weight excluding hydrogens is 368 g/mol. The lowest BCUT2D eigenvalue weighted by Crippen LogP contribution is -2.22. The third-order valence-corrected chi connectivity index (χ3v) is 4.56. The summed E-state index contributed by atoms with van der Waals surface area (Å²) in [5.41, 5.74) is 9.70. The molecule has 0 aliphatic rings. The van der Waals surface area contributed by atoms with E-state index < -0.39 is 5.97 Å². The Kier molecular flexibility index (Phi) is 6.29.